The van der Waals surface area contributed by atoms with Gasteiger partial charge in [0.1, 0.15) is 5.75 Å². The van der Waals surface area contributed by atoms with Gasteiger partial charge in [-0.05, 0) is 45.8 Å². The molecule has 29 heavy (non-hydrogen) atoms. The number of ether oxygens (including phenoxy) is 1. The molecule has 1 fully saturated rings. The van der Waals surface area contributed by atoms with Crippen LogP contribution in [0.4, 0.5) is 0 Å². The van der Waals surface area contributed by atoms with Crippen molar-refractivity contribution in [3.8, 4) is 5.75 Å². The molecule has 7 nitrogen and oxygen atoms in total. The normalized spacial score (nSPS) is 13.9. The van der Waals surface area contributed by atoms with E-state index in [-0.39, 0.29) is 24.3 Å². The molecule has 9 heteroatoms. The van der Waals surface area contributed by atoms with Crippen LogP contribution in [0.2, 0.25) is 0 Å². The van der Waals surface area contributed by atoms with Crippen LogP contribution in [-0.4, -0.2) is 67.4 Å². The number of thiophene rings is 1. The molecule has 3 amide bonds. The van der Waals surface area contributed by atoms with E-state index in [1.807, 2.05) is 24.3 Å². The lowest BCUT2D eigenvalue weighted by molar-refractivity contribution is -0.138. The SMILES string of the molecule is COc1cccc(CC(=O)N2CCN(C(=O)CNC(=O)c3ccc(Br)s3)CC2)c1. The predicted molar refractivity (Wildman–Crippen MR) is 114 cm³/mol. The summed E-state index contributed by atoms with van der Waals surface area (Å²) in [6, 6.07) is 11.0. The summed E-state index contributed by atoms with van der Waals surface area (Å²) in [6.45, 7) is 1.85. The van der Waals surface area contributed by atoms with Gasteiger partial charge >= 0.3 is 0 Å². The number of nitrogens with zero attached hydrogens (tertiary/aromatic N) is 2. The molecule has 0 unspecified atom stereocenters. The molecule has 2 heterocycles. The summed E-state index contributed by atoms with van der Waals surface area (Å²) in [4.78, 5) is 41.0. The Hall–Kier alpha value is -2.39. The number of carbonyl (C=O) groups is 3. The van der Waals surface area contributed by atoms with Crippen molar-refractivity contribution < 1.29 is 19.1 Å². The summed E-state index contributed by atoms with van der Waals surface area (Å²) in [7, 11) is 1.60. The Balaban J connectivity index is 1.43. The monoisotopic (exact) mass is 479 g/mol. The molecule has 0 aliphatic carbocycles. The summed E-state index contributed by atoms with van der Waals surface area (Å²) in [6.07, 6.45) is 0.303. The summed E-state index contributed by atoms with van der Waals surface area (Å²) in [5, 5.41) is 2.65. The summed E-state index contributed by atoms with van der Waals surface area (Å²) in [5.41, 5.74) is 0.899. The number of piperazine rings is 1. The van der Waals surface area contributed by atoms with Crippen LogP contribution in [0.25, 0.3) is 0 Å². The lowest BCUT2D eigenvalue weighted by Crippen LogP contribution is -2.52. The van der Waals surface area contributed by atoms with E-state index in [1.54, 1.807) is 29.0 Å². The second kappa shape index (κ2) is 9.89. The van der Waals surface area contributed by atoms with Crippen LogP contribution in [0.15, 0.2) is 40.2 Å². The third-order valence-corrected chi connectivity index (χ3v) is 6.29. The first-order chi connectivity index (χ1) is 14.0. The van der Waals surface area contributed by atoms with E-state index >= 15 is 0 Å². The Kier molecular flexibility index (Phi) is 7.27. The molecule has 154 valence electrons. The van der Waals surface area contributed by atoms with Crippen LogP contribution < -0.4 is 10.1 Å². The first-order valence-electron chi connectivity index (χ1n) is 9.18. The van der Waals surface area contributed by atoms with Crippen molar-refractivity contribution in [2.45, 2.75) is 6.42 Å². The van der Waals surface area contributed by atoms with Gasteiger partial charge in [0.2, 0.25) is 11.8 Å². The second-order valence-corrected chi connectivity index (χ2v) is 9.04. The fraction of sp³-hybridized carbons (Fsp3) is 0.350. The highest BCUT2D eigenvalue weighted by molar-refractivity contribution is 9.11. The molecule has 1 aromatic heterocycles. The Bertz CT molecular complexity index is 893. The quantitative estimate of drug-likeness (QED) is 0.688. The van der Waals surface area contributed by atoms with Gasteiger partial charge in [0.15, 0.2) is 0 Å². The van der Waals surface area contributed by atoms with E-state index in [4.69, 9.17) is 4.74 Å². The summed E-state index contributed by atoms with van der Waals surface area (Å²) in [5.74, 6) is 0.347. The van der Waals surface area contributed by atoms with E-state index in [1.165, 1.54) is 11.3 Å². The molecule has 1 N–H and O–H groups in total. The average molecular weight is 480 g/mol. The zero-order chi connectivity index (χ0) is 20.8. The molecule has 0 bridgehead atoms. The maximum atomic E-state index is 12.5. The highest BCUT2D eigenvalue weighted by Gasteiger charge is 2.24. The minimum atomic E-state index is -0.263. The Morgan fingerprint density at radius 2 is 1.76 bits per heavy atom. The van der Waals surface area contributed by atoms with E-state index in [0.29, 0.717) is 37.5 Å². The van der Waals surface area contributed by atoms with Crippen molar-refractivity contribution in [1.29, 1.82) is 0 Å². The van der Waals surface area contributed by atoms with Crippen molar-refractivity contribution in [3.05, 3.63) is 50.6 Å². The van der Waals surface area contributed by atoms with Gasteiger partial charge in [0, 0.05) is 26.2 Å². The van der Waals surface area contributed by atoms with Crippen LogP contribution in [0.1, 0.15) is 15.2 Å². The van der Waals surface area contributed by atoms with Gasteiger partial charge in [-0.15, -0.1) is 11.3 Å². The number of amides is 3. The highest BCUT2D eigenvalue weighted by atomic mass is 79.9. The molecule has 1 aliphatic heterocycles. The van der Waals surface area contributed by atoms with Crippen molar-refractivity contribution >= 4 is 45.0 Å². The number of hydrogen-bond acceptors (Lipinski definition) is 5. The van der Waals surface area contributed by atoms with E-state index in [9.17, 15) is 14.4 Å². The van der Waals surface area contributed by atoms with Gasteiger partial charge in [-0.2, -0.15) is 0 Å². The third-order valence-electron chi connectivity index (χ3n) is 4.67. The molecule has 1 saturated heterocycles. The Labute approximate surface area is 181 Å². The van der Waals surface area contributed by atoms with Crippen molar-refractivity contribution in [2.75, 3.05) is 39.8 Å². The number of methoxy groups -OCH3 is 1. The second-order valence-electron chi connectivity index (χ2n) is 6.58. The summed E-state index contributed by atoms with van der Waals surface area (Å²) >= 11 is 4.63. The van der Waals surface area contributed by atoms with Crippen LogP contribution in [0.3, 0.4) is 0 Å². The van der Waals surface area contributed by atoms with Gasteiger partial charge in [0.05, 0.1) is 28.7 Å². The molecule has 1 aliphatic rings. The first kappa shape index (κ1) is 21.3. The van der Waals surface area contributed by atoms with Gasteiger partial charge in [-0.3, -0.25) is 14.4 Å². The van der Waals surface area contributed by atoms with Crippen molar-refractivity contribution in [3.63, 3.8) is 0 Å². The average Bonchev–Trinajstić information content (AvgIpc) is 3.18. The number of carbonyl (C=O) groups excluding carboxylic acids is 3. The van der Waals surface area contributed by atoms with E-state index in [0.717, 1.165) is 15.1 Å². The predicted octanol–water partition coefficient (Wildman–Crippen LogP) is 2.16. The number of benzene rings is 1. The smallest absolute Gasteiger partial charge is 0.261 e. The first-order valence-corrected chi connectivity index (χ1v) is 10.8. The molecular weight excluding hydrogens is 458 g/mol. The fourth-order valence-corrected chi connectivity index (χ4v) is 4.37. The minimum absolute atomic E-state index is 0.0296. The fourth-order valence-electron chi connectivity index (χ4n) is 3.07. The zero-order valence-corrected chi connectivity index (χ0v) is 18.4. The number of rotatable bonds is 6. The standard InChI is InChI=1S/C20H22BrN3O4S/c1-28-15-4-2-3-14(11-15)12-18(25)23-7-9-24(10-8-23)19(26)13-22-20(27)16-5-6-17(21)29-16/h2-6,11H,7-10,12-13H2,1H3,(H,22,27). The van der Waals surface area contributed by atoms with Crippen LogP contribution >= 0.6 is 27.3 Å². The van der Waals surface area contributed by atoms with Gasteiger partial charge in [-0.1, -0.05) is 12.1 Å². The van der Waals surface area contributed by atoms with Crippen LogP contribution in [-0.2, 0) is 16.0 Å². The molecule has 3 rings (SSSR count). The number of nitrogens with one attached hydrogen (secondary N) is 1. The lowest BCUT2D eigenvalue weighted by atomic mass is 10.1. The molecule has 0 atom stereocenters. The number of halogens is 1. The van der Waals surface area contributed by atoms with Gasteiger partial charge < -0.3 is 19.9 Å². The number of hydrogen-bond donors (Lipinski definition) is 1. The summed E-state index contributed by atoms with van der Waals surface area (Å²) < 4.78 is 6.06. The third kappa shape index (κ3) is 5.80. The van der Waals surface area contributed by atoms with Crippen LogP contribution in [0.5, 0.6) is 5.75 Å². The molecule has 0 radical (unpaired) electrons. The van der Waals surface area contributed by atoms with Gasteiger partial charge in [-0.25, -0.2) is 0 Å². The highest BCUT2D eigenvalue weighted by Crippen LogP contribution is 2.21. The van der Waals surface area contributed by atoms with Gasteiger partial charge in [0.25, 0.3) is 5.91 Å². The van der Waals surface area contributed by atoms with Crippen LogP contribution in [0, 0.1) is 0 Å². The Morgan fingerprint density at radius 3 is 2.38 bits per heavy atom. The van der Waals surface area contributed by atoms with E-state index in [2.05, 4.69) is 21.2 Å². The maximum Gasteiger partial charge on any atom is 0.261 e. The zero-order valence-electron chi connectivity index (χ0n) is 16.0. The molecule has 1 aromatic carbocycles. The largest absolute Gasteiger partial charge is 0.497 e. The Morgan fingerprint density at radius 1 is 1.07 bits per heavy atom. The molecule has 0 saturated carbocycles. The van der Waals surface area contributed by atoms with E-state index < -0.39 is 0 Å². The van der Waals surface area contributed by atoms with Crippen molar-refractivity contribution in [1.82, 2.24) is 15.1 Å². The maximum absolute atomic E-state index is 12.5. The molecule has 2 aromatic rings. The topological polar surface area (TPSA) is 79.0 Å². The molecule has 0 spiro atoms. The molecular formula is C20H22BrN3O4S. The minimum Gasteiger partial charge on any atom is -0.497 e. The van der Waals surface area contributed by atoms with Crippen molar-refractivity contribution in [2.24, 2.45) is 0 Å². The lowest BCUT2D eigenvalue weighted by Gasteiger charge is -2.35.